The van der Waals surface area contributed by atoms with Gasteiger partial charge in [-0.2, -0.15) is 0 Å². The molecule has 1 N–H and O–H groups in total. The second kappa shape index (κ2) is 3.84. The van der Waals surface area contributed by atoms with Crippen LogP contribution in [0.5, 0.6) is 0 Å². The summed E-state index contributed by atoms with van der Waals surface area (Å²) in [4.78, 5) is 15.1. The third-order valence-corrected chi connectivity index (χ3v) is 4.29. The van der Waals surface area contributed by atoms with E-state index in [1.165, 1.54) is 14.5 Å². The zero-order chi connectivity index (χ0) is 11.3. The zero-order valence-corrected chi connectivity index (χ0v) is 12.2. The van der Waals surface area contributed by atoms with E-state index in [0.717, 1.165) is 28.5 Å². The van der Waals surface area contributed by atoms with Crippen molar-refractivity contribution >= 4 is 55.2 Å². The van der Waals surface area contributed by atoms with E-state index >= 15 is 0 Å². The highest BCUT2D eigenvalue weighted by Gasteiger charge is 2.22. The van der Waals surface area contributed by atoms with Crippen LogP contribution in [0.4, 0.5) is 0 Å². The Kier molecular flexibility index (Phi) is 2.58. The summed E-state index contributed by atoms with van der Waals surface area (Å²) in [5, 5.41) is 1.20. The molecule has 16 heavy (non-hydrogen) atoms. The number of aromatic amines is 1. The van der Waals surface area contributed by atoms with Gasteiger partial charge in [0.25, 0.3) is 0 Å². The van der Waals surface area contributed by atoms with Gasteiger partial charge in [-0.05, 0) is 69.1 Å². The van der Waals surface area contributed by atoms with Gasteiger partial charge in [0, 0.05) is 19.8 Å². The molecule has 0 atom stereocenters. The van der Waals surface area contributed by atoms with Gasteiger partial charge in [0.1, 0.15) is 0 Å². The fourth-order valence-corrected chi connectivity index (χ4v) is 3.93. The molecule has 0 spiro atoms. The number of ketones is 1. The summed E-state index contributed by atoms with van der Waals surface area (Å²) in [5.74, 6) is 0.249. The number of rotatable bonds is 0. The lowest BCUT2D eigenvalue weighted by molar-refractivity contribution is 0.0968. The Morgan fingerprint density at radius 3 is 2.94 bits per heavy atom. The summed E-state index contributed by atoms with van der Waals surface area (Å²) in [6, 6.07) is 4.21. The molecule has 0 saturated carbocycles. The lowest BCUT2D eigenvalue weighted by atomic mass is 9.95. The number of carbonyl (C=O) groups is 1. The van der Waals surface area contributed by atoms with Gasteiger partial charge in [-0.25, -0.2) is 0 Å². The Balaban J connectivity index is 2.40. The predicted molar refractivity (Wildman–Crippen MR) is 76.0 cm³/mol. The smallest absolute Gasteiger partial charge is 0.179 e. The SMILES string of the molecule is O=C1CCCc2c1[nH]c1c(Br)cc(I)cc21. The van der Waals surface area contributed by atoms with Crippen molar-refractivity contribution in [2.24, 2.45) is 0 Å². The van der Waals surface area contributed by atoms with Crippen molar-refractivity contribution in [3.63, 3.8) is 0 Å². The highest BCUT2D eigenvalue weighted by Crippen LogP contribution is 2.34. The number of fused-ring (bicyclic) bond motifs is 3. The minimum Gasteiger partial charge on any atom is -0.351 e. The van der Waals surface area contributed by atoms with Gasteiger partial charge in [-0.1, -0.05) is 0 Å². The highest BCUT2D eigenvalue weighted by atomic mass is 127. The topological polar surface area (TPSA) is 32.9 Å². The van der Waals surface area contributed by atoms with Gasteiger partial charge in [0.2, 0.25) is 0 Å². The third kappa shape index (κ3) is 1.54. The molecule has 0 radical (unpaired) electrons. The Morgan fingerprint density at radius 1 is 1.31 bits per heavy atom. The summed E-state index contributed by atoms with van der Waals surface area (Å²) in [7, 11) is 0. The van der Waals surface area contributed by atoms with Crippen LogP contribution < -0.4 is 0 Å². The number of nitrogens with one attached hydrogen (secondary N) is 1. The fourth-order valence-electron chi connectivity index (χ4n) is 2.32. The number of hydrogen-bond acceptors (Lipinski definition) is 1. The normalized spacial score (nSPS) is 15.5. The van der Waals surface area contributed by atoms with Crippen molar-refractivity contribution in [1.82, 2.24) is 4.98 Å². The summed E-state index contributed by atoms with van der Waals surface area (Å²) < 4.78 is 2.23. The molecule has 2 aromatic rings. The molecule has 4 heteroatoms. The first-order valence-corrected chi connectivity index (χ1v) is 7.07. The van der Waals surface area contributed by atoms with Crippen molar-refractivity contribution in [3.8, 4) is 0 Å². The highest BCUT2D eigenvalue weighted by molar-refractivity contribution is 14.1. The molecule has 82 valence electrons. The average Bonchev–Trinajstić information content (AvgIpc) is 2.59. The number of aryl methyl sites for hydroxylation is 1. The Labute approximate surface area is 115 Å². The summed E-state index contributed by atoms with van der Waals surface area (Å²) in [6.07, 6.45) is 2.66. The first kappa shape index (κ1) is 10.8. The number of H-pyrrole nitrogens is 1. The molecule has 0 amide bonds. The molecule has 0 unspecified atom stereocenters. The Hall–Kier alpha value is -0.360. The molecule has 1 heterocycles. The van der Waals surface area contributed by atoms with Gasteiger partial charge in [0.15, 0.2) is 5.78 Å². The maximum atomic E-state index is 11.8. The van der Waals surface area contributed by atoms with Crippen molar-refractivity contribution in [2.75, 3.05) is 0 Å². The number of aromatic nitrogens is 1. The number of carbonyl (C=O) groups excluding carboxylic acids is 1. The molecule has 1 aliphatic carbocycles. The first-order valence-electron chi connectivity index (χ1n) is 5.19. The first-order chi connectivity index (χ1) is 7.66. The minimum absolute atomic E-state index is 0.249. The molecular formula is C12H9BrINO. The standard InChI is InChI=1S/C12H9BrINO/c13-9-5-6(14)4-8-7-2-1-3-10(16)12(7)15-11(8)9/h4-5,15H,1-3H2. The number of Topliss-reactive ketones (excluding diaryl/α,β-unsaturated/α-hetero) is 1. The molecular weight excluding hydrogens is 381 g/mol. The summed E-state index contributed by atoms with van der Waals surface area (Å²) in [6.45, 7) is 0. The molecule has 1 aromatic heterocycles. The predicted octanol–water partition coefficient (Wildman–Crippen LogP) is 4.05. The van der Waals surface area contributed by atoms with E-state index in [9.17, 15) is 4.79 Å². The molecule has 1 aliphatic rings. The third-order valence-electron chi connectivity index (χ3n) is 3.04. The maximum Gasteiger partial charge on any atom is 0.179 e. The lowest BCUT2D eigenvalue weighted by Crippen LogP contribution is -2.09. The fraction of sp³-hybridized carbons (Fsp3) is 0.250. The Bertz CT molecular complexity index is 603. The van der Waals surface area contributed by atoms with Gasteiger partial charge >= 0.3 is 0 Å². The van der Waals surface area contributed by atoms with Crippen LogP contribution >= 0.6 is 38.5 Å². The molecule has 0 bridgehead atoms. The van der Waals surface area contributed by atoms with E-state index in [1.54, 1.807) is 0 Å². The Morgan fingerprint density at radius 2 is 2.12 bits per heavy atom. The second-order valence-corrected chi connectivity index (χ2v) is 6.17. The van der Waals surface area contributed by atoms with Gasteiger partial charge in [-0.15, -0.1) is 0 Å². The zero-order valence-electron chi connectivity index (χ0n) is 8.44. The minimum atomic E-state index is 0.249. The quantitative estimate of drug-likeness (QED) is 0.677. The van der Waals surface area contributed by atoms with E-state index in [1.807, 2.05) is 0 Å². The van der Waals surface area contributed by atoms with Crippen LogP contribution in [0.2, 0.25) is 0 Å². The van der Waals surface area contributed by atoms with E-state index < -0.39 is 0 Å². The number of hydrogen-bond donors (Lipinski definition) is 1. The number of benzene rings is 1. The van der Waals surface area contributed by atoms with E-state index in [-0.39, 0.29) is 5.78 Å². The van der Waals surface area contributed by atoms with E-state index in [0.29, 0.717) is 6.42 Å². The molecule has 0 aliphatic heterocycles. The molecule has 3 rings (SSSR count). The van der Waals surface area contributed by atoms with Crippen molar-refractivity contribution in [1.29, 1.82) is 0 Å². The van der Waals surface area contributed by atoms with Crippen LogP contribution in [0.25, 0.3) is 10.9 Å². The molecule has 0 fully saturated rings. The van der Waals surface area contributed by atoms with Crippen LogP contribution in [-0.4, -0.2) is 10.8 Å². The van der Waals surface area contributed by atoms with Crippen LogP contribution in [0.15, 0.2) is 16.6 Å². The van der Waals surface area contributed by atoms with Crippen LogP contribution in [0.1, 0.15) is 28.9 Å². The van der Waals surface area contributed by atoms with Gasteiger partial charge < -0.3 is 4.98 Å². The molecule has 0 saturated heterocycles. The number of halogens is 2. The van der Waals surface area contributed by atoms with Crippen LogP contribution in [0, 0.1) is 3.57 Å². The van der Waals surface area contributed by atoms with E-state index in [2.05, 4.69) is 55.6 Å². The largest absolute Gasteiger partial charge is 0.351 e. The summed E-state index contributed by atoms with van der Waals surface area (Å²) in [5.41, 5.74) is 3.08. The monoisotopic (exact) mass is 389 g/mol. The maximum absolute atomic E-state index is 11.8. The molecule has 1 aromatic carbocycles. The van der Waals surface area contributed by atoms with Crippen molar-refractivity contribution in [2.45, 2.75) is 19.3 Å². The van der Waals surface area contributed by atoms with Gasteiger partial charge in [-0.3, -0.25) is 4.79 Å². The van der Waals surface area contributed by atoms with Crippen molar-refractivity contribution < 1.29 is 4.79 Å². The average molecular weight is 390 g/mol. The second-order valence-electron chi connectivity index (χ2n) is 4.07. The lowest BCUT2D eigenvalue weighted by Gasteiger charge is -2.09. The van der Waals surface area contributed by atoms with Crippen LogP contribution in [0.3, 0.4) is 0 Å². The summed E-state index contributed by atoms with van der Waals surface area (Å²) >= 11 is 5.85. The van der Waals surface area contributed by atoms with Gasteiger partial charge in [0.05, 0.1) is 11.2 Å². The van der Waals surface area contributed by atoms with Crippen LogP contribution in [-0.2, 0) is 6.42 Å². The molecule has 2 nitrogen and oxygen atoms in total. The van der Waals surface area contributed by atoms with E-state index in [4.69, 9.17) is 0 Å². The van der Waals surface area contributed by atoms with Crippen molar-refractivity contribution in [3.05, 3.63) is 31.4 Å².